The van der Waals surface area contributed by atoms with Gasteiger partial charge in [-0.25, -0.2) is 4.98 Å². The van der Waals surface area contributed by atoms with Gasteiger partial charge in [0, 0.05) is 65.8 Å². The molecule has 9 heteroatoms. The van der Waals surface area contributed by atoms with Crippen LogP contribution >= 0.6 is 0 Å². The van der Waals surface area contributed by atoms with E-state index in [1.807, 2.05) is 173 Å². The van der Waals surface area contributed by atoms with Crippen molar-refractivity contribution in [2.45, 2.75) is 26.2 Å². The summed E-state index contributed by atoms with van der Waals surface area (Å²) in [5.74, 6) is 1.47. The quantitative estimate of drug-likeness (QED) is 0.0561. The summed E-state index contributed by atoms with van der Waals surface area (Å²) in [6, 6.07) is 63.0. The molecule has 1 aliphatic heterocycles. The first kappa shape index (κ1) is 48.3. The van der Waals surface area contributed by atoms with Crippen molar-refractivity contribution in [3.8, 4) is 90.0 Å². The number of hydrogen-bond donors (Lipinski definition) is 0. The zero-order chi connectivity index (χ0) is 88.3. The second-order valence-electron chi connectivity index (χ2n) is 27.9. The predicted octanol–water partition coefficient (Wildman–Crippen LogP) is 21.9. The molecule has 0 fully saturated rings. The average molecular weight is 1610 g/mol. The molecule has 20 aromatic rings. The van der Waals surface area contributed by atoms with Gasteiger partial charge in [0.1, 0.15) is 17.0 Å². The van der Waals surface area contributed by atoms with E-state index < -0.39 is 149 Å². The Balaban J connectivity index is 0.0000103. The summed E-state index contributed by atoms with van der Waals surface area (Å²) in [6.45, 7) is 6.51. The first-order valence-corrected chi connectivity index (χ1v) is 37.3. The van der Waals surface area contributed by atoms with Crippen LogP contribution in [0.4, 0.5) is 0 Å². The molecule has 0 atom stereocenters. The fraction of sp³-hybridized carbons (Fsp3) is 0.0400. The summed E-state index contributed by atoms with van der Waals surface area (Å²) >= 11 is 0. The van der Waals surface area contributed by atoms with Crippen molar-refractivity contribution < 1.29 is 60.8 Å². The molecule has 0 saturated carbocycles. The molecule has 0 radical (unpaired) electrons. The molecule has 6 heterocycles. The minimum atomic E-state index is -6.28. The van der Waals surface area contributed by atoms with Crippen molar-refractivity contribution in [3.05, 3.63) is 376 Å². The van der Waals surface area contributed by atoms with Crippen LogP contribution in [0, 0.1) is 18.5 Å². The van der Waals surface area contributed by atoms with Crippen molar-refractivity contribution in [1.29, 1.82) is 0 Å². The van der Waals surface area contributed by atoms with E-state index in [1.54, 1.807) is 12.1 Å². The fourth-order valence-corrected chi connectivity index (χ4v) is 19.5. The zero-order valence-corrected chi connectivity index (χ0v) is 61.7. The van der Waals surface area contributed by atoms with Gasteiger partial charge in [0.05, 0.1) is 59.5 Å². The molecule has 0 spiro atoms. The Bertz CT molecular complexity index is 7970. The molecule has 15 aromatic carbocycles. The molecular weight excluding hydrogens is 1530 g/mol. The molecule has 0 aliphatic carbocycles. The van der Waals surface area contributed by atoms with Gasteiger partial charge in [-0.05, 0) is 165 Å². The Hall–Kier alpha value is -13.0. The minimum absolute atomic E-state index is 0. The van der Waals surface area contributed by atoms with E-state index >= 15 is 0 Å². The number of hydrogen-bond acceptors (Lipinski definition) is 3. The number of nitrogens with zero attached hydrogens (tertiary/aromatic N) is 5. The van der Waals surface area contributed by atoms with E-state index in [2.05, 4.69) is 109 Å². The van der Waals surface area contributed by atoms with Crippen molar-refractivity contribution >= 4 is 105 Å². The van der Waals surface area contributed by atoms with Crippen LogP contribution in [0.25, 0.3) is 155 Å². The second-order valence-corrected chi connectivity index (χ2v) is 31.4. The first-order chi connectivity index (χ1) is 61.1. The third-order valence-electron chi connectivity index (χ3n) is 20.9. The van der Waals surface area contributed by atoms with Gasteiger partial charge in [-0.1, -0.05) is 275 Å². The summed E-state index contributed by atoms with van der Waals surface area (Å²) in [5.41, 5.74) is 13.6. The summed E-state index contributed by atoms with van der Waals surface area (Å²) in [6.07, 6.45) is 5.80. The Morgan fingerprint density at radius 2 is 0.991 bits per heavy atom. The first-order valence-electron chi connectivity index (χ1n) is 44.8. The minimum Gasteiger partial charge on any atom is -0.510 e. The van der Waals surface area contributed by atoms with Crippen LogP contribution in [-0.2, 0) is 26.5 Å². The molecule has 0 unspecified atom stereocenters. The maximum atomic E-state index is 11.1. The SMILES string of the molecule is [2H]c1c([2H])c([2H])c([Si](c2c([2H])c([2H])c([2H])c([2H])c2[2H])(c2c([2H])c([2H])c([2H])c([2H])c2[2H])c2c([2H])c([2H])c([2H])c(-c3ccc4c(c3)-c3cccc(-n5c6ccccc6c6ccccc65)c3-[n+]3[c-]n(-c5[c-]c(Oc6[c-]c7c(cc6)c6ccccc6n7-c6cc(C(C)(C)C)ccn6)ccc5)c5cc(-c6ccc7oc8ccccc8c7c6)cc(c53)-c3ccccc3-4)c2[2H])c([2H])c1[2H].[Pt]. The van der Waals surface area contributed by atoms with E-state index in [0.29, 0.717) is 67.4 Å². The van der Waals surface area contributed by atoms with Gasteiger partial charge in [-0.15, -0.1) is 29.7 Å². The van der Waals surface area contributed by atoms with E-state index in [1.165, 1.54) is 0 Å². The van der Waals surface area contributed by atoms with Crippen LogP contribution in [0.2, 0.25) is 0 Å². The number of para-hydroxylation sites is 5. The molecule has 0 saturated heterocycles. The van der Waals surface area contributed by atoms with E-state index in [0.717, 1.165) is 93.6 Å². The van der Waals surface area contributed by atoms with Crippen LogP contribution < -0.4 is 30.1 Å². The summed E-state index contributed by atoms with van der Waals surface area (Å²) in [7, 11) is -6.28. The van der Waals surface area contributed by atoms with Crippen LogP contribution in [0.15, 0.2) is 356 Å². The molecule has 21 rings (SSSR count). The third kappa shape index (κ3) is 10.6. The number of aromatic nitrogens is 5. The molecule has 0 bridgehead atoms. The maximum absolute atomic E-state index is 11.1. The maximum Gasteiger partial charge on any atom is 0.268 e. The van der Waals surface area contributed by atoms with Crippen LogP contribution in [-0.4, -0.2) is 26.8 Å². The fourth-order valence-electron chi connectivity index (χ4n) is 16.0. The Kier molecular flexibility index (Phi) is 11.5. The Morgan fingerprint density at radius 1 is 0.422 bits per heavy atom. The molecule has 0 amide bonds. The van der Waals surface area contributed by atoms with E-state index in [4.69, 9.17) is 18.3 Å². The molecular formula is C100H67N5O2PtSi-2. The largest absolute Gasteiger partial charge is 0.510 e. The number of benzene rings is 15. The zero-order valence-electron chi connectivity index (χ0n) is 77.4. The van der Waals surface area contributed by atoms with E-state index in [9.17, 15) is 21.9 Å². The second kappa shape index (κ2) is 25.9. The smallest absolute Gasteiger partial charge is 0.268 e. The summed E-state index contributed by atoms with van der Waals surface area (Å²) < 4.78 is 206. The summed E-state index contributed by atoms with van der Waals surface area (Å²) in [5, 5.41) is 1.91. The molecule has 0 N–H and O–H groups in total. The number of furan rings is 1. The van der Waals surface area contributed by atoms with Gasteiger partial charge in [0.25, 0.3) is 6.33 Å². The van der Waals surface area contributed by atoms with Gasteiger partial charge in [0.15, 0.2) is 8.07 Å². The number of ether oxygens (including phenoxy) is 1. The number of pyridine rings is 1. The molecule has 520 valence electrons. The van der Waals surface area contributed by atoms with Crippen LogP contribution in [0.3, 0.4) is 0 Å². The van der Waals surface area contributed by atoms with Crippen molar-refractivity contribution in [2.24, 2.45) is 0 Å². The van der Waals surface area contributed by atoms with Crippen molar-refractivity contribution in [1.82, 2.24) is 18.7 Å². The number of fused-ring (bicyclic) bond motifs is 16. The number of imidazole rings is 1. The monoisotopic (exact) mass is 1610 g/mol. The van der Waals surface area contributed by atoms with Crippen LogP contribution in [0.1, 0.15) is 52.4 Å². The molecule has 1 aliphatic rings. The topological polar surface area (TPSA) is 53.9 Å². The van der Waals surface area contributed by atoms with Crippen molar-refractivity contribution in [2.75, 3.05) is 0 Å². The van der Waals surface area contributed by atoms with Crippen LogP contribution in [0.5, 0.6) is 11.5 Å². The average Bonchev–Trinajstić information content (AvgIpc) is 0.905. The molecule has 5 aromatic heterocycles. The normalized spacial score (nSPS) is 14.5. The van der Waals surface area contributed by atoms with Gasteiger partial charge in [-0.3, -0.25) is 4.57 Å². The summed E-state index contributed by atoms with van der Waals surface area (Å²) in [4.78, 5) is 4.93. The van der Waals surface area contributed by atoms with Gasteiger partial charge >= 0.3 is 0 Å². The van der Waals surface area contributed by atoms with E-state index in [-0.39, 0.29) is 32.0 Å². The predicted molar refractivity (Wildman–Crippen MR) is 445 cm³/mol. The Labute approximate surface area is 673 Å². The molecule has 109 heavy (non-hydrogen) atoms. The number of rotatable bonds is 11. The Morgan fingerprint density at radius 3 is 1.70 bits per heavy atom. The standard InChI is InChI=1S/C100H67N5O2Si.Pt/c1-100(2,3)69-54-55-101-97(61-69)105-91-45-21-17-40-82(91)83-52-50-72(63-93(83)105)106-71-28-24-27-70(62-71)102-64-103-98-85(42-25-46-92(98)104-89-43-19-15-38-80(89)81-39-16-20-44-90(81)104)86-57-66(65-26-23-35-76(56-65)108(73-29-7-4-8-30-73,74-31-9-5-10-32-74)75-33-11-6-12-34-75)48-51-79(86)77-36-13-14-37-78(77)88-59-68(60-94(102)99(88)103)67-49-53-96-87(58-67)84-41-18-22-47-95(84)107-96;/h4-61H,1-3H3;/q-2;/i4D,5D,6D,7D,8D,9D,10D,11D,12D,23D,26D,29D,30D,31D,32D,33D,34D,35D,56D;. The van der Waals surface area contributed by atoms with Gasteiger partial charge < -0.3 is 22.9 Å². The molecule has 7 nitrogen and oxygen atoms in total. The van der Waals surface area contributed by atoms with Crippen molar-refractivity contribution in [3.63, 3.8) is 0 Å². The third-order valence-corrected chi connectivity index (χ3v) is 24.9. The van der Waals surface area contributed by atoms with Gasteiger partial charge in [0.2, 0.25) is 0 Å². The van der Waals surface area contributed by atoms with Gasteiger partial charge in [-0.2, -0.15) is 18.2 Å².